The third-order valence-electron chi connectivity index (χ3n) is 5.74. The van der Waals surface area contributed by atoms with Crippen molar-refractivity contribution in [3.05, 3.63) is 47.5 Å². The Kier molecular flexibility index (Phi) is 6.69. The normalized spacial score (nSPS) is 21.6. The Balaban J connectivity index is 1.48. The molecule has 1 aliphatic carbocycles. The highest BCUT2D eigenvalue weighted by Crippen LogP contribution is 2.22. The van der Waals surface area contributed by atoms with Crippen LogP contribution in [-0.4, -0.2) is 48.4 Å². The lowest BCUT2D eigenvalue weighted by atomic mass is 9.96. The van der Waals surface area contributed by atoms with Gasteiger partial charge < -0.3 is 9.80 Å². The number of likely N-dealkylation sites (tertiary alicyclic amines) is 1. The van der Waals surface area contributed by atoms with Gasteiger partial charge in [0.25, 0.3) is 0 Å². The fraction of sp³-hybridized carbons (Fsp3) is 0.591. The fourth-order valence-electron chi connectivity index (χ4n) is 4.07. The van der Waals surface area contributed by atoms with Crippen molar-refractivity contribution in [1.29, 1.82) is 0 Å². The van der Waals surface area contributed by atoms with Gasteiger partial charge in [0.1, 0.15) is 0 Å². The summed E-state index contributed by atoms with van der Waals surface area (Å²) in [5.74, 6) is 0.308. The molecule has 0 unspecified atom stereocenters. The highest BCUT2D eigenvalue weighted by atomic mass is 16.2. The molecule has 1 aromatic rings. The number of nitrogens with zero attached hydrogens (tertiary/aromatic N) is 2. The van der Waals surface area contributed by atoms with Gasteiger partial charge in [0, 0.05) is 32.6 Å². The van der Waals surface area contributed by atoms with Crippen LogP contribution in [0.1, 0.15) is 50.5 Å². The second-order valence-corrected chi connectivity index (χ2v) is 7.62. The Bertz CT molecular complexity index is 581. The van der Waals surface area contributed by atoms with Gasteiger partial charge in [-0.2, -0.15) is 0 Å². The van der Waals surface area contributed by atoms with Crippen LogP contribution in [0, 0.1) is 0 Å². The van der Waals surface area contributed by atoms with E-state index in [9.17, 15) is 4.79 Å². The smallest absolute Gasteiger partial charge is 0.226 e. The van der Waals surface area contributed by atoms with Crippen molar-refractivity contribution in [1.82, 2.24) is 9.80 Å². The maximum absolute atomic E-state index is 12.7. The average molecular weight is 341 g/mol. The van der Waals surface area contributed by atoms with Gasteiger partial charge in [-0.05, 0) is 57.1 Å². The Morgan fingerprint density at radius 3 is 2.80 bits per heavy atom. The lowest BCUT2D eigenvalue weighted by molar-refractivity contribution is -0.132. The topological polar surface area (TPSA) is 23.6 Å². The summed E-state index contributed by atoms with van der Waals surface area (Å²) in [5, 5.41) is 0. The summed E-state index contributed by atoms with van der Waals surface area (Å²) < 4.78 is 0. The molecule has 1 aliphatic heterocycles. The third-order valence-corrected chi connectivity index (χ3v) is 5.74. The summed E-state index contributed by atoms with van der Waals surface area (Å²) in [5.41, 5.74) is 2.76. The molecule has 25 heavy (non-hydrogen) atoms. The van der Waals surface area contributed by atoms with Crippen molar-refractivity contribution in [2.45, 2.75) is 57.4 Å². The van der Waals surface area contributed by atoms with E-state index in [2.05, 4.69) is 41.3 Å². The van der Waals surface area contributed by atoms with Crippen molar-refractivity contribution in [2.75, 3.05) is 26.7 Å². The van der Waals surface area contributed by atoms with Gasteiger partial charge in [-0.25, -0.2) is 0 Å². The molecule has 136 valence electrons. The zero-order valence-electron chi connectivity index (χ0n) is 15.6. The maximum atomic E-state index is 12.7. The van der Waals surface area contributed by atoms with Gasteiger partial charge >= 0.3 is 0 Å². The SMILES string of the molecule is CN(C(=O)CC1=CCCCC1)[C@@H]1CCCN(CCc2ccccc2)C1. The molecule has 2 aliphatic rings. The lowest BCUT2D eigenvalue weighted by Crippen LogP contribution is -2.49. The molecule has 1 aromatic carbocycles. The van der Waals surface area contributed by atoms with Gasteiger partial charge in [-0.1, -0.05) is 42.0 Å². The summed E-state index contributed by atoms with van der Waals surface area (Å²) in [6, 6.07) is 11.1. The van der Waals surface area contributed by atoms with E-state index in [0.717, 1.165) is 45.3 Å². The molecule has 1 saturated heterocycles. The molecule has 0 radical (unpaired) electrons. The Morgan fingerprint density at radius 2 is 2.04 bits per heavy atom. The fourth-order valence-corrected chi connectivity index (χ4v) is 4.07. The highest BCUT2D eigenvalue weighted by Gasteiger charge is 2.26. The quantitative estimate of drug-likeness (QED) is 0.730. The number of hydrogen-bond donors (Lipinski definition) is 0. The van der Waals surface area contributed by atoms with Crippen molar-refractivity contribution >= 4 is 5.91 Å². The predicted molar refractivity (Wildman–Crippen MR) is 104 cm³/mol. The Labute approximate surface area is 152 Å². The molecule has 1 heterocycles. The Hall–Kier alpha value is -1.61. The number of carbonyl (C=O) groups excluding carboxylic acids is 1. The first kappa shape index (κ1) is 18.2. The average Bonchev–Trinajstić information content (AvgIpc) is 2.67. The van der Waals surface area contributed by atoms with E-state index in [1.807, 2.05) is 11.9 Å². The maximum Gasteiger partial charge on any atom is 0.226 e. The summed E-state index contributed by atoms with van der Waals surface area (Å²) in [7, 11) is 2.01. The van der Waals surface area contributed by atoms with E-state index >= 15 is 0 Å². The van der Waals surface area contributed by atoms with Gasteiger partial charge in [0.15, 0.2) is 0 Å². The van der Waals surface area contributed by atoms with Crippen LogP contribution in [-0.2, 0) is 11.2 Å². The summed E-state index contributed by atoms with van der Waals surface area (Å²) in [4.78, 5) is 17.2. The highest BCUT2D eigenvalue weighted by molar-refractivity contribution is 5.78. The number of hydrogen-bond acceptors (Lipinski definition) is 2. The monoisotopic (exact) mass is 340 g/mol. The lowest BCUT2D eigenvalue weighted by Gasteiger charge is -2.38. The minimum Gasteiger partial charge on any atom is -0.341 e. The molecular weight excluding hydrogens is 308 g/mol. The first-order valence-corrected chi connectivity index (χ1v) is 9.92. The first-order valence-electron chi connectivity index (χ1n) is 9.92. The summed E-state index contributed by atoms with van der Waals surface area (Å²) >= 11 is 0. The van der Waals surface area contributed by atoms with Crippen molar-refractivity contribution in [3.63, 3.8) is 0 Å². The molecule has 0 bridgehead atoms. The molecule has 0 spiro atoms. The second-order valence-electron chi connectivity index (χ2n) is 7.62. The molecular formula is C22H32N2O. The van der Waals surface area contributed by atoms with Crippen LogP contribution in [0.3, 0.4) is 0 Å². The standard InChI is InChI=1S/C22H32N2O/c1-23(22(25)17-20-11-6-3-7-12-20)21-13-8-15-24(18-21)16-14-19-9-4-2-5-10-19/h2,4-5,9-11,21H,3,6-8,12-18H2,1H3/t21-/m1/s1. The number of amides is 1. The van der Waals surface area contributed by atoms with Crippen LogP contribution in [0.25, 0.3) is 0 Å². The molecule has 1 amide bonds. The van der Waals surface area contributed by atoms with Crippen molar-refractivity contribution in [2.24, 2.45) is 0 Å². The van der Waals surface area contributed by atoms with E-state index < -0.39 is 0 Å². The zero-order chi connectivity index (χ0) is 17.5. The van der Waals surface area contributed by atoms with Crippen LogP contribution in [0.5, 0.6) is 0 Å². The van der Waals surface area contributed by atoms with E-state index in [1.54, 1.807) is 0 Å². The molecule has 0 N–H and O–H groups in total. The van der Waals surface area contributed by atoms with Gasteiger partial charge in [0.2, 0.25) is 5.91 Å². The largest absolute Gasteiger partial charge is 0.341 e. The molecule has 0 aromatic heterocycles. The number of rotatable bonds is 6. The van der Waals surface area contributed by atoms with Crippen molar-refractivity contribution < 1.29 is 4.79 Å². The van der Waals surface area contributed by atoms with Gasteiger partial charge in [0.05, 0.1) is 0 Å². The third kappa shape index (κ3) is 5.43. The molecule has 0 saturated carbocycles. The minimum atomic E-state index is 0.308. The number of likely N-dealkylation sites (N-methyl/N-ethyl adjacent to an activating group) is 1. The molecule has 1 atom stereocenters. The second kappa shape index (κ2) is 9.19. The van der Waals surface area contributed by atoms with E-state index in [0.29, 0.717) is 18.4 Å². The van der Waals surface area contributed by atoms with Crippen LogP contribution < -0.4 is 0 Å². The first-order chi connectivity index (χ1) is 12.2. The predicted octanol–water partition coefficient (Wildman–Crippen LogP) is 4.04. The number of carbonyl (C=O) groups is 1. The summed E-state index contributed by atoms with van der Waals surface area (Å²) in [6.07, 6.45) is 11.2. The molecule has 3 heteroatoms. The summed E-state index contributed by atoms with van der Waals surface area (Å²) in [6.45, 7) is 3.28. The van der Waals surface area contributed by atoms with E-state index in [4.69, 9.17) is 0 Å². The van der Waals surface area contributed by atoms with Crippen LogP contribution in [0.2, 0.25) is 0 Å². The van der Waals surface area contributed by atoms with Crippen LogP contribution in [0.4, 0.5) is 0 Å². The zero-order valence-corrected chi connectivity index (χ0v) is 15.6. The van der Waals surface area contributed by atoms with Crippen LogP contribution in [0.15, 0.2) is 42.0 Å². The van der Waals surface area contributed by atoms with Gasteiger partial charge in [-0.15, -0.1) is 0 Å². The van der Waals surface area contributed by atoms with E-state index in [-0.39, 0.29) is 0 Å². The minimum absolute atomic E-state index is 0.308. The molecule has 3 rings (SSSR count). The van der Waals surface area contributed by atoms with Gasteiger partial charge in [-0.3, -0.25) is 4.79 Å². The van der Waals surface area contributed by atoms with E-state index in [1.165, 1.54) is 30.4 Å². The molecule has 1 fully saturated rings. The van der Waals surface area contributed by atoms with Crippen LogP contribution >= 0.6 is 0 Å². The number of benzene rings is 1. The van der Waals surface area contributed by atoms with Crippen molar-refractivity contribution in [3.8, 4) is 0 Å². The molecule has 3 nitrogen and oxygen atoms in total. The Morgan fingerprint density at radius 1 is 1.20 bits per heavy atom. The number of allylic oxidation sites excluding steroid dienone is 1. The number of piperidine rings is 1.